The maximum atomic E-state index is 12.0. The largest absolute Gasteiger partial charge is 0.447 e. The molecule has 110 valence electrons. The molecule has 0 aromatic heterocycles. The maximum Gasteiger partial charge on any atom is 0.414 e. The average molecular weight is 289 g/mol. The minimum Gasteiger partial charge on any atom is -0.447 e. The Morgan fingerprint density at radius 3 is 2.90 bits per heavy atom. The summed E-state index contributed by atoms with van der Waals surface area (Å²) in [6, 6.07) is 7.00. The van der Waals surface area contributed by atoms with Gasteiger partial charge in [0.2, 0.25) is 11.8 Å². The van der Waals surface area contributed by atoms with Gasteiger partial charge >= 0.3 is 6.09 Å². The quantitative estimate of drug-likeness (QED) is 0.858. The monoisotopic (exact) mass is 289 g/mol. The average Bonchev–Trinajstić information content (AvgIpc) is 3.08. The summed E-state index contributed by atoms with van der Waals surface area (Å²) in [5.41, 5.74) is 1.27. The van der Waals surface area contributed by atoms with Crippen LogP contribution in [-0.4, -0.2) is 37.6 Å². The summed E-state index contributed by atoms with van der Waals surface area (Å²) in [6.45, 7) is 1.23. The number of nitrogens with zero attached hydrogens (tertiary/aromatic N) is 1. The van der Waals surface area contributed by atoms with Crippen molar-refractivity contribution in [3.05, 3.63) is 24.3 Å². The van der Waals surface area contributed by atoms with Gasteiger partial charge in [-0.25, -0.2) is 4.79 Å². The van der Waals surface area contributed by atoms with E-state index in [9.17, 15) is 14.4 Å². The first-order valence-electron chi connectivity index (χ1n) is 6.75. The fraction of sp³-hybridized carbons (Fsp3) is 0.357. The van der Waals surface area contributed by atoms with Crippen molar-refractivity contribution < 1.29 is 19.1 Å². The molecule has 2 fully saturated rings. The zero-order valence-corrected chi connectivity index (χ0v) is 11.3. The van der Waals surface area contributed by atoms with Crippen LogP contribution in [-0.2, 0) is 14.3 Å². The lowest BCUT2D eigenvalue weighted by Gasteiger charge is -2.15. The summed E-state index contributed by atoms with van der Waals surface area (Å²) >= 11 is 0. The molecule has 1 atom stereocenters. The van der Waals surface area contributed by atoms with Crippen molar-refractivity contribution in [3.8, 4) is 0 Å². The van der Waals surface area contributed by atoms with E-state index in [0.29, 0.717) is 31.1 Å². The number of carbonyl (C=O) groups excluding carboxylic acids is 3. The van der Waals surface area contributed by atoms with Gasteiger partial charge in [0.25, 0.3) is 0 Å². The standard InChI is InChI=1S/C14H15N3O4/c18-12-6-9(8-15-12)13(19)16-10-2-1-3-11(7-10)17-4-5-21-14(17)20/h1-3,7,9H,4-6,8H2,(H,15,18)(H,16,19). The Labute approximate surface area is 121 Å². The molecule has 1 aromatic rings. The Morgan fingerprint density at radius 1 is 1.38 bits per heavy atom. The fourth-order valence-corrected chi connectivity index (χ4v) is 2.41. The summed E-state index contributed by atoms with van der Waals surface area (Å²) in [6.07, 6.45) is -0.173. The van der Waals surface area contributed by atoms with Gasteiger partial charge in [0.1, 0.15) is 6.61 Å². The smallest absolute Gasteiger partial charge is 0.414 e. The molecule has 2 heterocycles. The van der Waals surface area contributed by atoms with E-state index in [0.717, 1.165) is 0 Å². The first-order chi connectivity index (χ1) is 10.1. The molecule has 0 saturated carbocycles. The topological polar surface area (TPSA) is 87.7 Å². The normalized spacial score (nSPS) is 21.1. The van der Waals surface area contributed by atoms with E-state index in [-0.39, 0.29) is 30.2 Å². The van der Waals surface area contributed by atoms with Crippen molar-refractivity contribution in [2.45, 2.75) is 6.42 Å². The lowest BCUT2D eigenvalue weighted by molar-refractivity contribution is -0.123. The van der Waals surface area contributed by atoms with Crippen LogP contribution >= 0.6 is 0 Å². The molecule has 1 aromatic carbocycles. The number of rotatable bonds is 3. The molecule has 3 amide bonds. The van der Waals surface area contributed by atoms with Crippen molar-refractivity contribution in [3.63, 3.8) is 0 Å². The molecule has 1 unspecified atom stereocenters. The van der Waals surface area contributed by atoms with Crippen molar-refractivity contribution in [1.29, 1.82) is 0 Å². The third-order valence-electron chi connectivity index (χ3n) is 3.53. The van der Waals surface area contributed by atoms with Gasteiger partial charge in [-0.3, -0.25) is 14.5 Å². The molecule has 2 N–H and O–H groups in total. The van der Waals surface area contributed by atoms with Gasteiger partial charge in [-0.1, -0.05) is 6.07 Å². The van der Waals surface area contributed by atoms with Crippen LogP contribution in [0.2, 0.25) is 0 Å². The van der Waals surface area contributed by atoms with Gasteiger partial charge < -0.3 is 15.4 Å². The number of cyclic esters (lactones) is 1. The number of benzene rings is 1. The molecular weight excluding hydrogens is 274 g/mol. The van der Waals surface area contributed by atoms with Crippen LogP contribution in [0.4, 0.5) is 16.2 Å². The van der Waals surface area contributed by atoms with Crippen molar-refractivity contribution in [2.75, 3.05) is 29.9 Å². The Hall–Kier alpha value is -2.57. The van der Waals surface area contributed by atoms with Crippen LogP contribution in [0.5, 0.6) is 0 Å². The van der Waals surface area contributed by atoms with E-state index in [2.05, 4.69) is 10.6 Å². The Bertz CT molecular complexity index is 602. The lowest BCUT2D eigenvalue weighted by atomic mass is 10.1. The highest BCUT2D eigenvalue weighted by Gasteiger charge is 2.28. The molecule has 7 heteroatoms. The van der Waals surface area contributed by atoms with Crippen LogP contribution in [0.1, 0.15) is 6.42 Å². The highest BCUT2D eigenvalue weighted by atomic mass is 16.6. The van der Waals surface area contributed by atoms with E-state index in [1.54, 1.807) is 24.3 Å². The number of anilines is 2. The molecule has 0 bridgehead atoms. The number of carbonyl (C=O) groups is 3. The fourth-order valence-electron chi connectivity index (χ4n) is 2.41. The number of hydrogen-bond acceptors (Lipinski definition) is 4. The third-order valence-corrected chi connectivity index (χ3v) is 3.53. The minimum atomic E-state index is -0.385. The summed E-state index contributed by atoms with van der Waals surface area (Å²) in [5, 5.41) is 5.40. The summed E-state index contributed by atoms with van der Waals surface area (Å²) in [7, 11) is 0. The SMILES string of the molecule is O=C1CC(C(=O)Nc2cccc(N3CCOC3=O)c2)CN1. The second kappa shape index (κ2) is 5.43. The highest BCUT2D eigenvalue weighted by molar-refractivity contribution is 5.98. The van der Waals surface area contributed by atoms with Gasteiger partial charge in [0.15, 0.2) is 0 Å². The van der Waals surface area contributed by atoms with Gasteiger partial charge in [-0.2, -0.15) is 0 Å². The zero-order chi connectivity index (χ0) is 14.8. The van der Waals surface area contributed by atoms with Crippen LogP contribution in [0, 0.1) is 5.92 Å². The van der Waals surface area contributed by atoms with E-state index in [4.69, 9.17) is 4.74 Å². The summed E-state index contributed by atoms with van der Waals surface area (Å²) in [4.78, 5) is 36.2. The molecule has 2 aliphatic rings. The van der Waals surface area contributed by atoms with Gasteiger partial charge in [0.05, 0.1) is 12.5 Å². The zero-order valence-electron chi connectivity index (χ0n) is 11.3. The second-order valence-electron chi connectivity index (χ2n) is 5.01. The van der Waals surface area contributed by atoms with E-state index in [1.807, 2.05) is 0 Å². The first kappa shape index (κ1) is 13.4. The molecular formula is C14H15N3O4. The number of nitrogens with one attached hydrogen (secondary N) is 2. The molecule has 2 aliphatic heterocycles. The van der Waals surface area contributed by atoms with Crippen LogP contribution in [0.25, 0.3) is 0 Å². The Kier molecular flexibility index (Phi) is 3.47. The Morgan fingerprint density at radius 2 is 2.24 bits per heavy atom. The highest BCUT2D eigenvalue weighted by Crippen LogP contribution is 2.23. The first-order valence-corrected chi connectivity index (χ1v) is 6.75. The number of amides is 3. The minimum absolute atomic E-state index is 0.108. The van der Waals surface area contributed by atoms with Crippen LogP contribution in [0.15, 0.2) is 24.3 Å². The molecule has 2 saturated heterocycles. The van der Waals surface area contributed by atoms with E-state index in [1.165, 1.54) is 4.90 Å². The van der Waals surface area contributed by atoms with Gasteiger partial charge in [0, 0.05) is 24.3 Å². The van der Waals surface area contributed by atoms with Crippen molar-refractivity contribution in [1.82, 2.24) is 5.32 Å². The maximum absolute atomic E-state index is 12.0. The van der Waals surface area contributed by atoms with E-state index < -0.39 is 0 Å². The van der Waals surface area contributed by atoms with Crippen LogP contribution < -0.4 is 15.5 Å². The van der Waals surface area contributed by atoms with Crippen LogP contribution in [0.3, 0.4) is 0 Å². The summed E-state index contributed by atoms with van der Waals surface area (Å²) < 4.78 is 4.89. The third kappa shape index (κ3) is 2.81. The predicted octanol–water partition coefficient (Wildman–Crippen LogP) is 0.718. The molecule has 7 nitrogen and oxygen atoms in total. The lowest BCUT2D eigenvalue weighted by Crippen LogP contribution is -2.25. The molecule has 0 spiro atoms. The molecule has 3 rings (SSSR count). The van der Waals surface area contributed by atoms with Gasteiger partial charge in [-0.05, 0) is 18.2 Å². The molecule has 21 heavy (non-hydrogen) atoms. The van der Waals surface area contributed by atoms with E-state index >= 15 is 0 Å². The number of hydrogen-bond donors (Lipinski definition) is 2. The molecule has 0 aliphatic carbocycles. The molecule has 0 radical (unpaired) electrons. The Balaban J connectivity index is 1.70. The predicted molar refractivity (Wildman–Crippen MR) is 74.9 cm³/mol. The number of ether oxygens (including phenoxy) is 1. The van der Waals surface area contributed by atoms with Gasteiger partial charge in [-0.15, -0.1) is 0 Å². The van der Waals surface area contributed by atoms with Crippen molar-refractivity contribution >= 4 is 29.3 Å². The second-order valence-corrected chi connectivity index (χ2v) is 5.01. The van der Waals surface area contributed by atoms with Crippen molar-refractivity contribution in [2.24, 2.45) is 5.92 Å². The summed E-state index contributed by atoms with van der Waals surface area (Å²) in [5.74, 6) is -0.656.